The number of alkyl carbamates (subject to hydrolysis) is 1. The largest absolute Gasteiger partial charge is 0.453 e. The number of aromatic amines is 1. The lowest BCUT2D eigenvalue weighted by Gasteiger charge is -2.23. The Morgan fingerprint density at radius 3 is 2.35 bits per heavy atom. The number of pyridine rings is 1. The summed E-state index contributed by atoms with van der Waals surface area (Å²) in [5.41, 5.74) is 4.63. The number of anilines is 1. The lowest BCUT2D eigenvalue weighted by atomic mass is 10.0. The van der Waals surface area contributed by atoms with Crippen molar-refractivity contribution in [2.45, 2.75) is 18.9 Å². The second-order valence-corrected chi connectivity index (χ2v) is 9.25. The van der Waals surface area contributed by atoms with Crippen molar-refractivity contribution in [1.82, 2.24) is 25.2 Å². The third-order valence-electron chi connectivity index (χ3n) is 6.72. The number of likely N-dealkylation sites (tertiary alicyclic amines) is 1. The van der Waals surface area contributed by atoms with E-state index in [4.69, 9.17) is 0 Å². The summed E-state index contributed by atoms with van der Waals surface area (Å²) in [4.78, 5) is 49.4. The van der Waals surface area contributed by atoms with Crippen molar-refractivity contribution < 1.29 is 23.5 Å². The fourth-order valence-electron chi connectivity index (χ4n) is 4.63. The number of nitrogens with one attached hydrogen (secondary N) is 3. The number of ether oxygens (including phenoxy) is 1. The third kappa shape index (κ3) is 5.98. The van der Waals surface area contributed by atoms with Gasteiger partial charge in [-0.05, 0) is 53.8 Å². The number of benzene rings is 2. The van der Waals surface area contributed by atoms with Gasteiger partial charge in [0.2, 0.25) is 11.9 Å². The van der Waals surface area contributed by atoms with Gasteiger partial charge < -0.3 is 25.3 Å². The van der Waals surface area contributed by atoms with Crippen LogP contribution >= 0.6 is 0 Å². The van der Waals surface area contributed by atoms with Crippen molar-refractivity contribution in [3.8, 4) is 22.4 Å². The van der Waals surface area contributed by atoms with Gasteiger partial charge in [-0.1, -0.05) is 36.4 Å². The summed E-state index contributed by atoms with van der Waals surface area (Å²) >= 11 is 0. The molecule has 204 valence electrons. The number of amides is 3. The van der Waals surface area contributed by atoms with Crippen LogP contribution in [0.4, 0.5) is 14.9 Å². The normalized spacial score (nSPS) is 14.6. The first-order valence-corrected chi connectivity index (χ1v) is 12.7. The van der Waals surface area contributed by atoms with E-state index in [1.54, 1.807) is 23.2 Å². The molecule has 0 saturated carbocycles. The number of hydrogen-bond acceptors (Lipinski definition) is 6. The summed E-state index contributed by atoms with van der Waals surface area (Å²) in [5, 5.41) is 5.21. The maximum atomic E-state index is 13.0. The molecule has 4 aromatic rings. The smallest absolute Gasteiger partial charge is 0.407 e. The van der Waals surface area contributed by atoms with Crippen LogP contribution in [-0.4, -0.2) is 58.0 Å². The molecule has 1 unspecified atom stereocenters. The molecule has 3 amide bonds. The molecular formula is C29H27FN6O4. The average Bonchev–Trinajstić information content (AvgIpc) is 3.67. The van der Waals surface area contributed by atoms with Gasteiger partial charge in [0.25, 0.3) is 5.91 Å². The zero-order chi connectivity index (χ0) is 28.1. The molecule has 11 heteroatoms. The second-order valence-electron chi connectivity index (χ2n) is 9.25. The van der Waals surface area contributed by atoms with Crippen LogP contribution < -0.4 is 10.6 Å². The van der Waals surface area contributed by atoms with Gasteiger partial charge in [-0.3, -0.25) is 9.59 Å². The fraction of sp³-hybridized carbons (Fsp3) is 0.207. The van der Waals surface area contributed by atoms with E-state index in [0.29, 0.717) is 18.1 Å². The van der Waals surface area contributed by atoms with E-state index in [2.05, 4.69) is 30.3 Å². The Morgan fingerprint density at radius 1 is 0.975 bits per heavy atom. The van der Waals surface area contributed by atoms with Crippen molar-refractivity contribution >= 4 is 23.6 Å². The number of H-pyrrole nitrogens is 1. The molecule has 0 radical (unpaired) electrons. The maximum Gasteiger partial charge on any atom is 0.407 e. The predicted octanol–water partition coefficient (Wildman–Crippen LogP) is 4.55. The number of rotatable bonds is 7. The molecule has 0 bridgehead atoms. The molecule has 1 saturated heterocycles. The highest BCUT2D eigenvalue weighted by molar-refractivity contribution is 6.04. The molecule has 1 fully saturated rings. The van der Waals surface area contributed by atoms with Gasteiger partial charge in [-0.15, -0.1) is 0 Å². The first-order valence-electron chi connectivity index (χ1n) is 12.7. The molecule has 3 heterocycles. The highest BCUT2D eigenvalue weighted by Gasteiger charge is 2.32. The zero-order valence-corrected chi connectivity index (χ0v) is 21.7. The first kappa shape index (κ1) is 26.5. The van der Waals surface area contributed by atoms with E-state index in [9.17, 15) is 18.8 Å². The summed E-state index contributed by atoms with van der Waals surface area (Å²) in [5.74, 6) is -0.490. The number of nitrogens with zero attached hydrogens (tertiary/aromatic N) is 3. The summed E-state index contributed by atoms with van der Waals surface area (Å²) < 4.78 is 17.5. The Balaban J connectivity index is 1.22. The molecular weight excluding hydrogens is 515 g/mol. The third-order valence-corrected chi connectivity index (χ3v) is 6.72. The fourth-order valence-corrected chi connectivity index (χ4v) is 4.63. The van der Waals surface area contributed by atoms with Gasteiger partial charge in [0.1, 0.15) is 12.4 Å². The van der Waals surface area contributed by atoms with Crippen LogP contribution in [0.5, 0.6) is 0 Å². The van der Waals surface area contributed by atoms with Crippen LogP contribution in [0.25, 0.3) is 22.4 Å². The number of imidazole rings is 1. The van der Waals surface area contributed by atoms with Crippen LogP contribution in [0.15, 0.2) is 73.1 Å². The Bertz CT molecular complexity index is 1500. The molecule has 0 spiro atoms. The zero-order valence-electron chi connectivity index (χ0n) is 21.7. The molecule has 1 aliphatic heterocycles. The minimum absolute atomic E-state index is 0.128. The van der Waals surface area contributed by atoms with Crippen LogP contribution in [0.1, 0.15) is 35.1 Å². The molecule has 5 rings (SSSR count). The number of aromatic nitrogens is 3. The molecule has 2 aromatic carbocycles. The Morgan fingerprint density at radius 2 is 1.68 bits per heavy atom. The van der Waals surface area contributed by atoms with Gasteiger partial charge in [0, 0.05) is 18.4 Å². The van der Waals surface area contributed by atoms with E-state index in [0.717, 1.165) is 41.3 Å². The number of methoxy groups -OCH3 is 1. The highest BCUT2D eigenvalue weighted by atomic mass is 19.1. The molecule has 2 aromatic heterocycles. The predicted molar refractivity (Wildman–Crippen MR) is 146 cm³/mol. The van der Waals surface area contributed by atoms with Crippen molar-refractivity contribution in [3.05, 3.63) is 90.4 Å². The summed E-state index contributed by atoms with van der Waals surface area (Å²) in [7, 11) is 1.25. The van der Waals surface area contributed by atoms with Crippen LogP contribution in [0.3, 0.4) is 0 Å². The van der Waals surface area contributed by atoms with Gasteiger partial charge in [0.05, 0.1) is 30.6 Å². The molecule has 1 atom stereocenters. The summed E-state index contributed by atoms with van der Waals surface area (Å²) in [6.07, 6.45) is 3.94. The Kier molecular flexibility index (Phi) is 7.81. The summed E-state index contributed by atoms with van der Waals surface area (Å²) in [6.45, 7) is 0.473. The average molecular weight is 543 g/mol. The van der Waals surface area contributed by atoms with E-state index in [1.807, 2.05) is 36.4 Å². The minimum atomic E-state index is -0.643. The lowest BCUT2D eigenvalue weighted by molar-refractivity contribution is -0.131. The summed E-state index contributed by atoms with van der Waals surface area (Å²) in [6, 6.07) is 17.7. The molecule has 0 aliphatic carbocycles. The Hall–Kier alpha value is -5.06. The van der Waals surface area contributed by atoms with E-state index >= 15 is 0 Å². The number of hydrogen-bond donors (Lipinski definition) is 3. The molecule has 10 nitrogen and oxygen atoms in total. The number of carbonyl (C=O) groups excluding carboxylic acids is 3. The molecule has 40 heavy (non-hydrogen) atoms. The first-order chi connectivity index (χ1) is 19.4. The van der Waals surface area contributed by atoms with Gasteiger partial charge in [0.15, 0.2) is 0 Å². The number of halogens is 1. The monoisotopic (exact) mass is 542 g/mol. The van der Waals surface area contributed by atoms with Crippen molar-refractivity contribution in [1.29, 1.82) is 0 Å². The standard InChI is InChI=1S/C29H27FN6O4/c1-40-29(39)33-17-26(37)36-14-2-3-24(36)27-32-16-23(35-27)20-6-4-18(5-7-20)19-8-11-22(12-9-19)34-28(38)21-10-13-25(30)31-15-21/h4-13,15-16,24H,2-3,14,17H2,1H3,(H,32,35)(H,33,39)(H,34,38). The van der Waals surface area contributed by atoms with E-state index in [-0.39, 0.29) is 30.0 Å². The van der Waals surface area contributed by atoms with E-state index < -0.39 is 12.0 Å². The van der Waals surface area contributed by atoms with Crippen LogP contribution in [0, 0.1) is 5.95 Å². The Labute approximate surface area is 229 Å². The van der Waals surface area contributed by atoms with Crippen molar-refractivity contribution in [2.24, 2.45) is 0 Å². The topological polar surface area (TPSA) is 129 Å². The van der Waals surface area contributed by atoms with Gasteiger partial charge >= 0.3 is 6.09 Å². The molecule has 1 aliphatic rings. The van der Waals surface area contributed by atoms with Crippen molar-refractivity contribution in [3.63, 3.8) is 0 Å². The van der Waals surface area contributed by atoms with Crippen LogP contribution in [-0.2, 0) is 9.53 Å². The molecule has 3 N–H and O–H groups in total. The maximum absolute atomic E-state index is 13.0. The van der Waals surface area contributed by atoms with E-state index in [1.165, 1.54) is 19.4 Å². The minimum Gasteiger partial charge on any atom is -0.453 e. The second kappa shape index (κ2) is 11.8. The number of carbonyl (C=O) groups is 3. The quantitative estimate of drug-likeness (QED) is 0.294. The van der Waals surface area contributed by atoms with Gasteiger partial charge in [-0.25, -0.2) is 14.8 Å². The SMILES string of the molecule is COC(=O)NCC(=O)N1CCCC1c1ncc(-c2ccc(-c3ccc(NC(=O)c4ccc(F)nc4)cc3)cc2)[nH]1. The van der Waals surface area contributed by atoms with Gasteiger partial charge in [-0.2, -0.15) is 4.39 Å². The van der Waals surface area contributed by atoms with Crippen molar-refractivity contribution in [2.75, 3.05) is 25.5 Å². The highest BCUT2D eigenvalue weighted by Crippen LogP contribution is 2.32. The van der Waals surface area contributed by atoms with Crippen LogP contribution in [0.2, 0.25) is 0 Å². The lowest BCUT2D eigenvalue weighted by Crippen LogP contribution is -2.40.